The third-order valence-corrected chi connectivity index (χ3v) is 5.73. The van der Waals surface area contributed by atoms with Crippen LogP contribution in [0.15, 0.2) is 12.3 Å². The van der Waals surface area contributed by atoms with Crippen molar-refractivity contribution >= 4 is 36.7 Å². The first-order valence-electron chi connectivity index (χ1n) is 7.16. The van der Waals surface area contributed by atoms with E-state index in [-0.39, 0.29) is 5.56 Å². The van der Waals surface area contributed by atoms with E-state index in [2.05, 4.69) is 24.6 Å². The summed E-state index contributed by atoms with van der Waals surface area (Å²) in [7, 11) is -1.13. The van der Waals surface area contributed by atoms with Crippen LogP contribution in [-0.4, -0.2) is 35.3 Å². The molecule has 7 heteroatoms. The number of rotatable bonds is 6. The number of fused-ring (bicyclic) bond motifs is 1. The molecule has 2 rings (SSSR count). The van der Waals surface area contributed by atoms with Crippen molar-refractivity contribution in [3.63, 3.8) is 0 Å². The number of aromatic carboxylic acids is 1. The lowest BCUT2D eigenvalue weighted by Gasteiger charge is -2.16. The molecule has 0 aliphatic carbocycles. The van der Waals surface area contributed by atoms with E-state index in [9.17, 15) is 4.79 Å². The van der Waals surface area contributed by atoms with Gasteiger partial charge in [0, 0.05) is 26.3 Å². The molecule has 5 nitrogen and oxygen atoms in total. The highest BCUT2D eigenvalue weighted by atomic mass is 35.5. The Bertz CT molecular complexity index is 707. The van der Waals surface area contributed by atoms with Gasteiger partial charge in [0.25, 0.3) is 0 Å². The summed E-state index contributed by atoms with van der Waals surface area (Å²) in [6.07, 6.45) is 1.35. The molecule has 2 aromatic rings. The number of carbonyl (C=O) groups is 1. The van der Waals surface area contributed by atoms with E-state index in [1.807, 2.05) is 6.92 Å². The molecule has 0 saturated heterocycles. The zero-order valence-electron chi connectivity index (χ0n) is 13.3. The largest absolute Gasteiger partial charge is 0.478 e. The van der Waals surface area contributed by atoms with Crippen molar-refractivity contribution in [2.45, 2.75) is 39.3 Å². The maximum atomic E-state index is 11.1. The molecule has 1 N–H and O–H groups in total. The number of hydrogen-bond acceptors (Lipinski definition) is 3. The predicted octanol–water partition coefficient (Wildman–Crippen LogP) is 4.01. The number of carboxylic acid groups (broad SMARTS) is 1. The van der Waals surface area contributed by atoms with Crippen LogP contribution in [-0.2, 0) is 11.5 Å². The molecule has 0 unspecified atom stereocenters. The van der Waals surface area contributed by atoms with Gasteiger partial charge in [-0.15, -0.1) is 0 Å². The predicted molar refractivity (Wildman–Crippen MR) is 90.5 cm³/mol. The maximum absolute atomic E-state index is 11.1. The highest BCUT2D eigenvalue weighted by molar-refractivity contribution is 6.76. The molecular formula is C15H21ClN2O3Si. The summed E-state index contributed by atoms with van der Waals surface area (Å²) < 4.78 is 7.51. The van der Waals surface area contributed by atoms with Crippen LogP contribution in [0.1, 0.15) is 15.9 Å². The Morgan fingerprint density at radius 1 is 1.45 bits per heavy atom. The van der Waals surface area contributed by atoms with Gasteiger partial charge in [-0.1, -0.05) is 31.2 Å². The molecule has 0 amide bonds. The van der Waals surface area contributed by atoms with Crippen LogP contribution in [0.2, 0.25) is 30.8 Å². The van der Waals surface area contributed by atoms with Gasteiger partial charge in [0.15, 0.2) is 0 Å². The third-order valence-electron chi connectivity index (χ3n) is 3.54. The van der Waals surface area contributed by atoms with E-state index in [0.717, 1.165) is 17.0 Å². The van der Waals surface area contributed by atoms with Crippen molar-refractivity contribution in [1.82, 2.24) is 9.55 Å². The fourth-order valence-electron chi connectivity index (χ4n) is 2.12. The van der Waals surface area contributed by atoms with Gasteiger partial charge in [-0.3, -0.25) is 4.57 Å². The van der Waals surface area contributed by atoms with Crippen molar-refractivity contribution in [3.05, 3.63) is 28.5 Å². The molecule has 22 heavy (non-hydrogen) atoms. The molecule has 0 spiro atoms. The molecule has 0 aliphatic rings. The summed E-state index contributed by atoms with van der Waals surface area (Å²) in [5.41, 5.74) is 1.63. The average Bonchev–Trinajstić information content (AvgIpc) is 2.66. The topological polar surface area (TPSA) is 64.4 Å². The lowest BCUT2D eigenvalue weighted by molar-refractivity contribution is 0.0696. The fourth-order valence-corrected chi connectivity index (χ4v) is 3.11. The Labute approximate surface area is 135 Å². The normalized spacial score (nSPS) is 12.0. The van der Waals surface area contributed by atoms with Crippen molar-refractivity contribution in [1.29, 1.82) is 0 Å². The van der Waals surface area contributed by atoms with Crippen LogP contribution < -0.4 is 0 Å². The number of pyridine rings is 1. The van der Waals surface area contributed by atoms with Crippen molar-refractivity contribution in [2.24, 2.45) is 0 Å². The minimum atomic E-state index is -1.13. The molecule has 2 aromatic heterocycles. The molecule has 0 saturated carbocycles. The van der Waals surface area contributed by atoms with Crippen molar-refractivity contribution < 1.29 is 14.6 Å². The summed E-state index contributed by atoms with van der Waals surface area (Å²) in [4.78, 5) is 15.3. The summed E-state index contributed by atoms with van der Waals surface area (Å²) in [6.45, 7) is 9.77. The zero-order valence-corrected chi connectivity index (χ0v) is 15.1. The number of halogens is 1. The minimum absolute atomic E-state index is 0.157. The number of aryl methyl sites for hydroxylation is 1. The molecule has 0 radical (unpaired) electrons. The van der Waals surface area contributed by atoms with Crippen LogP contribution >= 0.6 is 11.6 Å². The molecule has 0 fully saturated rings. The minimum Gasteiger partial charge on any atom is -0.478 e. The van der Waals surface area contributed by atoms with E-state index in [4.69, 9.17) is 21.4 Å². The van der Waals surface area contributed by atoms with Crippen LogP contribution in [0, 0.1) is 6.92 Å². The number of ether oxygens (including phenoxy) is 1. The van der Waals surface area contributed by atoms with E-state index >= 15 is 0 Å². The smallest absolute Gasteiger partial charge is 0.337 e. The quantitative estimate of drug-likeness (QED) is 0.637. The van der Waals surface area contributed by atoms with Gasteiger partial charge >= 0.3 is 5.97 Å². The fraction of sp³-hybridized carbons (Fsp3) is 0.467. The number of carboxylic acids is 1. The van der Waals surface area contributed by atoms with Crippen LogP contribution in [0.25, 0.3) is 11.0 Å². The second-order valence-electron chi connectivity index (χ2n) is 6.59. The Kier molecular flexibility index (Phi) is 4.94. The molecule has 120 valence electrons. The first-order chi connectivity index (χ1) is 10.2. The maximum Gasteiger partial charge on any atom is 0.337 e. The summed E-state index contributed by atoms with van der Waals surface area (Å²) >= 11 is 6.34. The van der Waals surface area contributed by atoms with Gasteiger partial charge in [-0.2, -0.15) is 0 Å². The molecular weight excluding hydrogens is 320 g/mol. The second-order valence-corrected chi connectivity index (χ2v) is 12.6. The first kappa shape index (κ1) is 17.0. The van der Waals surface area contributed by atoms with Gasteiger partial charge in [-0.25, -0.2) is 9.78 Å². The van der Waals surface area contributed by atoms with E-state index in [0.29, 0.717) is 24.1 Å². The van der Waals surface area contributed by atoms with Gasteiger partial charge in [0.1, 0.15) is 17.5 Å². The summed E-state index contributed by atoms with van der Waals surface area (Å²) in [5.74, 6) is -0.996. The Morgan fingerprint density at radius 3 is 2.73 bits per heavy atom. The monoisotopic (exact) mass is 340 g/mol. The Balaban J connectivity index is 2.23. The molecule has 0 bridgehead atoms. The standard InChI is InChI=1S/C15H21ClN2O3Si/c1-10-12-7-11(15(19)20)8-17-14(12)18(13(10)16)9-21-5-6-22(2,3)4/h7-8H,5-6,9H2,1-4H3,(H,19,20). The molecule has 0 aliphatic heterocycles. The number of aromatic nitrogens is 2. The summed E-state index contributed by atoms with van der Waals surface area (Å²) in [5, 5.41) is 10.3. The van der Waals surface area contributed by atoms with E-state index in [1.54, 1.807) is 10.6 Å². The second kappa shape index (κ2) is 6.40. The number of hydrogen-bond donors (Lipinski definition) is 1. The van der Waals surface area contributed by atoms with Gasteiger partial charge in [0.05, 0.1) is 5.56 Å². The highest BCUT2D eigenvalue weighted by Crippen LogP contribution is 2.28. The molecule has 0 atom stereocenters. The van der Waals surface area contributed by atoms with Gasteiger partial charge in [0.2, 0.25) is 0 Å². The van der Waals surface area contributed by atoms with Crippen LogP contribution in [0.4, 0.5) is 0 Å². The zero-order chi connectivity index (χ0) is 16.5. The first-order valence-corrected chi connectivity index (χ1v) is 11.2. The lowest BCUT2D eigenvalue weighted by Crippen LogP contribution is -2.22. The number of nitrogens with zero attached hydrogens (tertiary/aromatic N) is 2. The lowest BCUT2D eigenvalue weighted by atomic mass is 10.2. The Hall–Kier alpha value is -1.37. The van der Waals surface area contributed by atoms with Gasteiger partial charge in [-0.05, 0) is 24.6 Å². The van der Waals surface area contributed by atoms with E-state index < -0.39 is 14.0 Å². The highest BCUT2D eigenvalue weighted by Gasteiger charge is 2.17. The van der Waals surface area contributed by atoms with Gasteiger partial charge < -0.3 is 9.84 Å². The Morgan fingerprint density at radius 2 is 2.14 bits per heavy atom. The van der Waals surface area contributed by atoms with Crippen LogP contribution in [0.3, 0.4) is 0 Å². The third kappa shape index (κ3) is 3.69. The van der Waals surface area contributed by atoms with Crippen molar-refractivity contribution in [3.8, 4) is 0 Å². The van der Waals surface area contributed by atoms with E-state index in [1.165, 1.54) is 6.20 Å². The molecule has 0 aromatic carbocycles. The van der Waals surface area contributed by atoms with Crippen molar-refractivity contribution in [2.75, 3.05) is 6.61 Å². The van der Waals surface area contributed by atoms with Crippen LogP contribution in [0.5, 0.6) is 0 Å². The average molecular weight is 341 g/mol. The molecule has 2 heterocycles. The summed E-state index contributed by atoms with van der Waals surface area (Å²) in [6, 6.07) is 2.68. The SMILES string of the molecule is Cc1c(Cl)n(COCC[Si](C)(C)C)c2ncc(C(=O)O)cc12.